The molecule has 156 valence electrons. The normalized spacial score (nSPS) is 17.8. The molecule has 1 atom stereocenters. The quantitative estimate of drug-likeness (QED) is 0.651. The number of hydrogen-bond acceptors (Lipinski definition) is 4. The number of sulfone groups is 1. The van der Waals surface area contributed by atoms with E-state index in [1.807, 2.05) is 6.92 Å². The van der Waals surface area contributed by atoms with Crippen molar-refractivity contribution in [1.82, 2.24) is 4.90 Å². The molecule has 1 aliphatic heterocycles. The maximum absolute atomic E-state index is 14.4. The highest BCUT2D eigenvalue weighted by Gasteiger charge is 2.35. The number of nitrogens with zero attached hydrogens (tertiary/aromatic N) is 1. The number of ether oxygens (including phenoxy) is 1. The Morgan fingerprint density at radius 3 is 2.69 bits per heavy atom. The zero-order valence-electron chi connectivity index (χ0n) is 16.1. The van der Waals surface area contributed by atoms with E-state index in [4.69, 9.17) is 16.3 Å². The van der Waals surface area contributed by atoms with Gasteiger partial charge in [-0.05, 0) is 43.2 Å². The van der Waals surface area contributed by atoms with E-state index >= 15 is 0 Å². The zero-order chi connectivity index (χ0) is 21.0. The summed E-state index contributed by atoms with van der Waals surface area (Å²) in [4.78, 5) is 14.7. The van der Waals surface area contributed by atoms with E-state index in [-0.39, 0.29) is 34.5 Å². The van der Waals surface area contributed by atoms with Crippen molar-refractivity contribution in [3.8, 4) is 5.75 Å². The van der Waals surface area contributed by atoms with Gasteiger partial charge in [-0.25, -0.2) is 12.8 Å². The van der Waals surface area contributed by atoms with Gasteiger partial charge in [-0.3, -0.25) is 4.79 Å². The van der Waals surface area contributed by atoms with E-state index in [0.717, 1.165) is 6.42 Å². The van der Waals surface area contributed by atoms with E-state index < -0.39 is 21.7 Å². The van der Waals surface area contributed by atoms with Crippen LogP contribution in [-0.2, 0) is 16.4 Å². The lowest BCUT2D eigenvalue weighted by atomic mass is 10.1. The molecule has 1 unspecified atom stereocenters. The van der Waals surface area contributed by atoms with Crippen LogP contribution in [-0.4, -0.2) is 43.4 Å². The van der Waals surface area contributed by atoms with Gasteiger partial charge in [-0.2, -0.15) is 0 Å². The van der Waals surface area contributed by atoms with Crippen molar-refractivity contribution >= 4 is 27.3 Å². The molecule has 1 fully saturated rings. The first-order chi connectivity index (χ1) is 13.8. The van der Waals surface area contributed by atoms with Gasteiger partial charge >= 0.3 is 0 Å². The summed E-state index contributed by atoms with van der Waals surface area (Å²) in [6.45, 7) is 2.40. The molecule has 1 heterocycles. The molecule has 0 aromatic heterocycles. The van der Waals surface area contributed by atoms with Crippen molar-refractivity contribution < 1.29 is 22.3 Å². The maximum Gasteiger partial charge on any atom is 0.254 e. The Morgan fingerprint density at radius 1 is 1.28 bits per heavy atom. The molecule has 3 rings (SSSR count). The number of halogens is 2. The average molecular weight is 440 g/mol. The van der Waals surface area contributed by atoms with E-state index in [0.29, 0.717) is 24.3 Å². The van der Waals surface area contributed by atoms with Gasteiger partial charge in [0.25, 0.3) is 5.91 Å². The van der Waals surface area contributed by atoms with Crippen molar-refractivity contribution in [2.45, 2.75) is 32.4 Å². The number of hydrogen-bond donors (Lipinski definition) is 0. The maximum atomic E-state index is 14.4. The Bertz CT molecular complexity index is 976. The van der Waals surface area contributed by atoms with Crippen molar-refractivity contribution in [2.24, 2.45) is 0 Å². The third-order valence-corrected chi connectivity index (χ3v) is 6.96. The van der Waals surface area contributed by atoms with Crippen LogP contribution in [0, 0.1) is 5.82 Å². The second-order valence-corrected chi connectivity index (χ2v) is 9.70. The van der Waals surface area contributed by atoms with Crippen LogP contribution in [0.3, 0.4) is 0 Å². The predicted molar refractivity (Wildman–Crippen MR) is 111 cm³/mol. The molecule has 1 amide bonds. The van der Waals surface area contributed by atoms with Gasteiger partial charge in [0.1, 0.15) is 11.6 Å². The van der Waals surface area contributed by atoms with Crippen molar-refractivity contribution in [3.05, 3.63) is 64.4 Å². The predicted octanol–water partition coefficient (Wildman–Crippen LogP) is 4.10. The Hall–Kier alpha value is -2.12. The van der Waals surface area contributed by atoms with Gasteiger partial charge in [0.2, 0.25) is 0 Å². The van der Waals surface area contributed by atoms with E-state index in [2.05, 4.69) is 0 Å². The Kier molecular flexibility index (Phi) is 6.80. The minimum absolute atomic E-state index is 0.00605. The first-order valence-electron chi connectivity index (χ1n) is 9.48. The molecule has 1 saturated heterocycles. The summed E-state index contributed by atoms with van der Waals surface area (Å²) in [5.41, 5.74) is 0.528. The summed E-state index contributed by atoms with van der Waals surface area (Å²) in [6.07, 6.45) is 1.14. The number of amides is 1. The number of benzene rings is 2. The van der Waals surface area contributed by atoms with Gasteiger partial charge in [-0.1, -0.05) is 30.7 Å². The molecule has 0 radical (unpaired) electrons. The summed E-state index contributed by atoms with van der Waals surface area (Å²) in [6, 6.07) is 10.5. The summed E-state index contributed by atoms with van der Waals surface area (Å²) in [7, 11) is -3.23. The third-order valence-electron chi connectivity index (χ3n) is 4.85. The average Bonchev–Trinajstić information content (AvgIpc) is 3.05. The highest BCUT2D eigenvalue weighted by Crippen LogP contribution is 2.27. The summed E-state index contributed by atoms with van der Waals surface area (Å²) in [5.74, 6) is -0.492. The molecular weight excluding hydrogens is 417 g/mol. The SMILES string of the molecule is CCCOc1cccc(C(=O)N(Cc2c(F)cccc2Cl)C2CCS(=O)(=O)C2)c1. The van der Waals surface area contributed by atoms with Gasteiger partial charge in [0.05, 0.1) is 24.7 Å². The lowest BCUT2D eigenvalue weighted by Gasteiger charge is -2.29. The summed E-state index contributed by atoms with van der Waals surface area (Å²) < 4.78 is 44.0. The van der Waals surface area contributed by atoms with Crippen molar-refractivity contribution in [1.29, 1.82) is 0 Å². The van der Waals surface area contributed by atoms with Crippen molar-refractivity contribution in [2.75, 3.05) is 18.1 Å². The van der Waals surface area contributed by atoms with Gasteiger partial charge in [0, 0.05) is 22.2 Å². The smallest absolute Gasteiger partial charge is 0.254 e. The van der Waals surface area contributed by atoms with Crippen LogP contribution in [0.25, 0.3) is 0 Å². The van der Waals surface area contributed by atoms with Crippen LogP contribution in [0.5, 0.6) is 5.75 Å². The second kappa shape index (κ2) is 9.13. The number of carbonyl (C=O) groups excluding carboxylic acids is 1. The molecule has 2 aromatic rings. The first kappa shape index (κ1) is 21.6. The standard InChI is InChI=1S/C21H23ClFNO4S/c1-2-10-28-17-6-3-5-15(12-17)21(25)24(16-9-11-29(26,27)14-16)13-18-19(22)7-4-8-20(18)23/h3-8,12,16H,2,9-11,13-14H2,1H3. The van der Waals surface area contributed by atoms with Crippen molar-refractivity contribution in [3.63, 3.8) is 0 Å². The Labute approximate surface area is 175 Å². The fourth-order valence-corrected chi connectivity index (χ4v) is 5.30. The lowest BCUT2D eigenvalue weighted by molar-refractivity contribution is 0.0678. The molecule has 0 N–H and O–H groups in total. The molecule has 5 nitrogen and oxygen atoms in total. The fourth-order valence-electron chi connectivity index (χ4n) is 3.35. The molecule has 0 spiro atoms. The molecule has 29 heavy (non-hydrogen) atoms. The van der Waals surface area contributed by atoms with E-state index in [9.17, 15) is 17.6 Å². The van der Waals surface area contributed by atoms with Crippen LogP contribution < -0.4 is 4.74 Å². The van der Waals surface area contributed by atoms with Crippen LogP contribution >= 0.6 is 11.6 Å². The highest BCUT2D eigenvalue weighted by atomic mass is 35.5. The van der Waals surface area contributed by atoms with Gasteiger partial charge < -0.3 is 9.64 Å². The minimum atomic E-state index is -3.23. The molecular formula is C21H23ClFNO4S. The van der Waals surface area contributed by atoms with Crippen LogP contribution in [0.2, 0.25) is 5.02 Å². The topological polar surface area (TPSA) is 63.7 Å². The monoisotopic (exact) mass is 439 g/mol. The molecule has 2 aromatic carbocycles. The largest absolute Gasteiger partial charge is 0.494 e. The number of carbonyl (C=O) groups is 1. The molecule has 1 aliphatic rings. The Morgan fingerprint density at radius 2 is 2.03 bits per heavy atom. The van der Waals surface area contributed by atoms with Crippen LogP contribution in [0.1, 0.15) is 35.7 Å². The first-order valence-corrected chi connectivity index (χ1v) is 11.7. The zero-order valence-corrected chi connectivity index (χ0v) is 17.7. The van der Waals surface area contributed by atoms with Gasteiger partial charge in [0.15, 0.2) is 9.84 Å². The second-order valence-electron chi connectivity index (χ2n) is 7.07. The summed E-state index contributed by atoms with van der Waals surface area (Å²) in [5, 5.41) is 0.198. The third kappa shape index (κ3) is 5.28. The molecule has 0 aliphatic carbocycles. The molecule has 0 saturated carbocycles. The summed E-state index contributed by atoms with van der Waals surface area (Å²) >= 11 is 6.15. The van der Waals surface area contributed by atoms with Crippen LogP contribution in [0.4, 0.5) is 4.39 Å². The number of rotatable bonds is 7. The van der Waals surface area contributed by atoms with Gasteiger partial charge in [-0.15, -0.1) is 0 Å². The minimum Gasteiger partial charge on any atom is -0.494 e. The van der Waals surface area contributed by atoms with Crippen LogP contribution in [0.15, 0.2) is 42.5 Å². The molecule has 8 heteroatoms. The Balaban J connectivity index is 1.93. The van der Waals surface area contributed by atoms with E-state index in [1.165, 1.54) is 17.0 Å². The fraction of sp³-hybridized carbons (Fsp3) is 0.381. The molecule has 0 bridgehead atoms. The lowest BCUT2D eigenvalue weighted by Crippen LogP contribution is -2.41. The highest BCUT2D eigenvalue weighted by molar-refractivity contribution is 7.91. The van der Waals surface area contributed by atoms with E-state index in [1.54, 1.807) is 30.3 Å².